The lowest BCUT2D eigenvalue weighted by molar-refractivity contribution is -0.182. The molecule has 0 bridgehead atoms. The number of nitrogens with zero attached hydrogens (tertiary/aromatic N) is 1. The number of likely N-dealkylation sites (tertiary alicyclic amines) is 1. The van der Waals surface area contributed by atoms with Crippen molar-refractivity contribution >= 4 is 33.4 Å². The number of rotatable bonds is 0. The van der Waals surface area contributed by atoms with Crippen LogP contribution in [0.3, 0.4) is 0 Å². The number of hydrogen-bond acceptors (Lipinski definition) is 4. The second-order valence-corrected chi connectivity index (χ2v) is 9.19. The average molecular weight is 424 g/mol. The summed E-state index contributed by atoms with van der Waals surface area (Å²) in [6.45, 7) is 5.19. The molecule has 1 amide bonds. The summed E-state index contributed by atoms with van der Waals surface area (Å²) in [6.07, 6.45) is 0.472. The van der Waals surface area contributed by atoms with Crippen LogP contribution in [0.5, 0.6) is 0 Å². The summed E-state index contributed by atoms with van der Waals surface area (Å²) in [5, 5.41) is 1.68. The molecule has 2 unspecified atom stereocenters. The second-order valence-electron chi connectivity index (χ2n) is 7.21. The Balaban J connectivity index is 1.80. The van der Waals surface area contributed by atoms with E-state index in [2.05, 4.69) is 15.9 Å². The molecule has 1 fully saturated rings. The Morgan fingerprint density at radius 3 is 2.83 bits per heavy atom. The number of amides is 1. The van der Waals surface area contributed by atoms with E-state index in [4.69, 9.17) is 9.47 Å². The van der Waals surface area contributed by atoms with E-state index in [0.717, 1.165) is 0 Å². The number of ether oxygens (including phenoxy) is 2. The van der Waals surface area contributed by atoms with Crippen LogP contribution >= 0.6 is 27.3 Å². The summed E-state index contributed by atoms with van der Waals surface area (Å²) >= 11 is 4.80. The van der Waals surface area contributed by atoms with Crippen molar-refractivity contribution < 1.29 is 23.0 Å². The summed E-state index contributed by atoms with van der Waals surface area (Å²) in [7, 11) is 0. The molecule has 1 saturated heterocycles. The first-order chi connectivity index (χ1) is 11.0. The molecule has 2 aliphatic rings. The minimum absolute atomic E-state index is 0.0594. The van der Waals surface area contributed by atoms with Gasteiger partial charge in [0.15, 0.2) is 0 Å². The summed E-state index contributed by atoms with van der Waals surface area (Å²) in [6, 6.07) is 1.48. The van der Waals surface area contributed by atoms with Crippen LogP contribution in [0.2, 0.25) is 0 Å². The molecule has 2 atom stereocenters. The van der Waals surface area contributed by atoms with E-state index in [1.54, 1.807) is 10.3 Å². The molecule has 3 heterocycles. The minimum Gasteiger partial charge on any atom is -0.444 e. The van der Waals surface area contributed by atoms with Crippen molar-refractivity contribution in [2.24, 2.45) is 0 Å². The molecule has 1 aromatic rings. The van der Waals surface area contributed by atoms with Crippen LogP contribution in [0, 0.1) is 0 Å². The number of hydrogen-bond donors (Lipinski definition) is 0. The van der Waals surface area contributed by atoms with Crippen molar-refractivity contribution in [3.8, 4) is 0 Å². The molecule has 1 aromatic heterocycles. The highest BCUT2D eigenvalue weighted by Gasteiger charge is 2.53. The Morgan fingerprint density at radius 1 is 1.50 bits per heavy atom. The van der Waals surface area contributed by atoms with Gasteiger partial charge in [-0.05, 0) is 38.6 Å². The highest BCUT2D eigenvalue weighted by Crippen LogP contribution is 2.52. The van der Waals surface area contributed by atoms with Crippen molar-refractivity contribution in [2.75, 3.05) is 13.2 Å². The predicted molar refractivity (Wildman–Crippen MR) is 90.7 cm³/mol. The summed E-state index contributed by atoms with van der Waals surface area (Å²) in [5.41, 5.74) is -1.29. The Hall–Kier alpha value is -0.730. The van der Waals surface area contributed by atoms with Crippen LogP contribution < -0.4 is 0 Å². The largest absolute Gasteiger partial charge is 0.444 e. The first-order valence-electron chi connectivity index (χ1n) is 7.78. The minimum atomic E-state index is -2.95. The van der Waals surface area contributed by atoms with E-state index in [-0.39, 0.29) is 10.5 Å². The molecule has 1 spiro atoms. The van der Waals surface area contributed by atoms with Gasteiger partial charge < -0.3 is 9.47 Å². The predicted octanol–water partition coefficient (Wildman–Crippen LogP) is 4.82. The van der Waals surface area contributed by atoms with E-state index < -0.39 is 29.8 Å². The van der Waals surface area contributed by atoms with Gasteiger partial charge >= 0.3 is 6.09 Å². The number of halogens is 3. The zero-order valence-corrected chi connectivity index (χ0v) is 16.2. The van der Waals surface area contributed by atoms with Gasteiger partial charge in [-0.25, -0.2) is 4.79 Å². The lowest BCUT2D eigenvalue weighted by Gasteiger charge is -2.47. The average Bonchev–Trinajstić information content (AvgIpc) is 2.93. The molecule has 134 valence electrons. The van der Waals surface area contributed by atoms with Gasteiger partial charge in [-0.3, -0.25) is 4.90 Å². The Kier molecular flexibility index (Phi) is 4.45. The van der Waals surface area contributed by atoms with E-state index in [9.17, 15) is 13.6 Å². The normalized spacial score (nSPS) is 29.4. The maximum absolute atomic E-state index is 14.0. The summed E-state index contributed by atoms with van der Waals surface area (Å²) in [4.78, 5) is 14.1. The molecule has 8 heteroatoms. The third-order valence-electron chi connectivity index (χ3n) is 4.22. The maximum atomic E-state index is 14.0. The van der Waals surface area contributed by atoms with E-state index in [1.807, 2.05) is 20.8 Å². The topological polar surface area (TPSA) is 38.8 Å². The van der Waals surface area contributed by atoms with Crippen LogP contribution in [-0.2, 0) is 21.0 Å². The van der Waals surface area contributed by atoms with Gasteiger partial charge in [0, 0.05) is 23.4 Å². The number of fused-ring (bicyclic) bond motifs is 2. The number of alkyl halides is 3. The second kappa shape index (κ2) is 5.92. The molecule has 4 nitrogen and oxygen atoms in total. The van der Waals surface area contributed by atoms with Gasteiger partial charge in [0.25, 0.3) is 5.92 Å². The van der Waals surface area contributed by atoms with Crippen molar-refractivity contribution in [2.45, 2.75) is 55.7 Å². The highest BCUT2D eigenvalue weighted by molar-refractivity contribution is 9.09. The van der Waals surface area contributed by atoms with Crippen LogP contribution in [0.4, 0.5) is 13.6 Å². The Morgan fingerprint density at radius 2 is 2.21 bits per heavy atom. The van der Waals surface area contributed by atoms with E-state index in [1.165, 1.54) is 17.4 Å². The van der Waals surface area contributed by atoms with Crippen molar-refractivity contribution in [3.05, 3.63) is 21.9 Å². The van der Waals surface area contributed by atoms with E-state index in [0.29, 0.717) is 24.3 Å². The quantitative estimate of drug-likeness (QED) is 0.443. The van der Waals surface area contributed by atoms with Gasteiger partial charge in [-0.15, -0.1) is 11.3 Å². The zero-order valence-electron chi connectivity index (χ0n) is 13.8. The maximum Gasteiger partial charge on any atom is 0.411 e. The van der Waals surface area contributed by atoms with Gasteiger partial charge in [0.05, 0.1) is 4.95 Å². The number of carbonyl (C=O) groups excluding carboxylic acids is 1. The third kappa shape index (κ3) is 3.20. The molecule has 0 N–H and O–H groups in total. The number of carbonyl (C=O) groups is 1. The fraction of sp³-hybridized carbons (Fsp3) is 0.688. The van der Waals surface area contributed by atoms with Gasteiger partial charge in [-0.2, -0.15) is 8.78 Å². The monoisotopic (exact) mass is 423 g/mol. The van der Waals surface area contributed by atoms with Gasteiger partial charge in [-0.1, -0.05) is 15.9 Å². The summed E-state index contributed by atoms with van der Waals surface area (Å²) in [5.74, 6) is -2.95. The van der Waals surface area contributed by atoms with Crippen molar-refractivity contribution in [1.82, 2.24) is 4.90 Å². The van der Waals surface area contributed by atoms with Crippen molar-refractivity contribution in [3.63, 3.8) is 0 Å². The Labute approximate surface area is 152 Å². The first-order valence-corrected chi connectivity index (χ1v) is 9.58. The van der Waals surface area contributed by atoms with Crippen molar-refractivity contribution in [1.29, 1.82) is 0 Å². The van der Waals surface area contributed by atoms with Gasteiger partial charge in [0.1, 0.15) is 17.8 Å². The zero-order chi connectivity index (χ0) is 17.8. The molecule has 0 radical (unpaired) electrons. The number of thiophene rings is 1. The Bertz CT molecular complexity index is 646. The van der Waals surface area contributed by atoms with E-state index >= 15 is 0 Å². The molecule has 0 saturated carbocycles. The van der Waals surface area contributed by atoms with Gasteiger partial charge in [0.2, 0.25) is 0 Å². The van der Waals surface area contributed by atoms with Crippen LogP contribution in [0.1, 0.15) is 44.1 Å². The lowest BCUT2D eigenvalue weighted by Crippen LogP contribution is -2.53. The standard InChI is InChI=1S/C16H20BrF2NO3S/c1-14(2,3)23-13(21)20-6-5-15(8-11(20)17)12-10(4-7-24-12)16(18,19)9-22-15/h4,7,11H,5-6,8-9H2,1-3H3. The fourth-order valence-corrected chi connectivity index (χ4v) is 5.15. The molecule has 2 aliphatic heterocycles. The fourth-order valence-electron chi connectivity index (χ4n) is 3.11. The molecule has 0 aromatic carbocycles. The summed E-state index contributed by atoms with van der Waals surface area (Å²) < 4.78 is 39.2. The third-order valence-corrected chi connectivity index (χ3v) is 6.14. The number of piperidine rings is 1. The molecule has 0 aliphatic carbocycles. The molecule has 3 rings (SSSR count). The van der Waals surface area contributed by atoms with Crippen LogP contribution in [0.25, 0.3) is 0 Å². The molecular weight excluding hydrogens is 404 g/mol. The highest BCUT2D eigenvalue weighted by atomic mass is 79.9. The molecular formula is C16H20BrF2NO3S. The smallest absolute Gasteiger partial charge is 0.411 e. The first kappa shape index (κ1) is 18.1. The lowest BCUT2D eigenvalue weighted by atomic mass is 9.84. The van der Waals surface area contributed by atoms with Crippen LogP contribution in [0.15, 0.2) is 11.4 Å². The SMILES string of the molecule is CC(C)(C)OC(=O)N1CCC2(CC1Br)OCC(F)(F)c1ccsc12. The molecule has 24 heavy (non-hydrogen) atoms. The van der Waals surface area contributed by atoms with Crippen LogP contribution in [-0.4, -0.2) is 34.7 Å².